The fraction of sp³-hybridized carbons (Fsp3) is 0.0714. The Balaban J connectivity index is 2.31. The lowest BCUT2D eigenvalue weighted by molar-refractivity contribution is -0.386. The summed E-state index contributed by atoms with van der Waals surface area (Å²) in [5, 5.41) is 20.1. The van der Waals surface area contributed by atoms with Crippen LogP contribution in [0.25, 0.3) is 0 Å². The normalized spacial score (nSPS) is 10.1. The van der Waals surface area contributed by atoms with Gasteiger partial charge in [0.25, 0.3) is 0 Å². The number of rotatable bonds is 5. The molecule has 0 aliphatic carbocycles. The molecule has 2 aromatic carbocycles. The van der Waals surface area contributed by atoms with E-state index in [1.165, 1.54) is 18.2 Å². The van der Waals surface area contributed by atoms with E-state index in [0.29, 0.717) is 0 Å². The number of nitro benzene ring substituents is 1. The lowest BCUT2D eigenvalue weighted by Gasteiger charge is -2.09. The van der Waals surface area contributed by atoms with Crippen molar-refractivity contribution in [2.24, 2.45) is 0 Å². The number of carboxylic acids is 1. The molecule has 108 valence electrons. The summed E-state index contributed by atoms with van der Waals surface area (Å²) in [5.74, 6) is -1.50. The first-order valence-corrected chi connectivity index (χ1v) is 6.95. The van der Waals surface area contributed by atoms with Crippen molar-refractivity contribution in [3.63, 3.8) is 0 Å². The number of hydrogen-bond donors (Lipinski definition) is 1. The molecule has 0 radical (unpaired) electrons. The molecule has 0 fully saturated rings. The second-order valence-corrected chi connectivity index (χ2v) is 5.38. The van der Waals surface area contributed by atoms with Crippen molar-refractivity contribution in [2.45, 2.75) is 6.61 Å². The van der Waals surface area contributed by atoms with E-state index in [4.69, 9.17) is 9.84 Å². The topological polar surface area (TPSA) is 89.7 Å². The van der Waals surface area contributed by atoms with Gasteiger partial charge < -0.3 is 9.84 Å². The first-order chi connectivity index (χ1) is 9.99. The van der Waals surface area contributed by atoms with Crippen LogP contribution in [-0.4, -0.2) is 16.0 Å². The van der Waals surface area contributed by atoms with Crippen molar-refractivity contribution < 1.29 is 19.6 Å². The van der Waals surface area contributed by atoms with Crippen LogP contribution < -0.4 is 4.74 Å². The monoisotopic (exact) mass is 399 g/mol. The molecule has 0 aromatic heterocycles. The first-order valence-electron chi connectivity index (χ1n) is 5.87. The Hall–Kier alpha value is -2.16. The third-order valence-corrected chi connectivity index (χ3v) is 3.44. The Bertz CT molecular complexity index is 652. The molecule has 0 aliphatic heterocycles. The Labute approximate surface area is 133 Å². The number of ether oxygens (including phenoxy) is 1. The van der Waals surface area contributed by atoms with Crippen LogP contribution >= 0.6 is 22.6 Å². The van der Waals surface area contributed by atoms with E-state index < -0.39 is 10.9 Å². The molecule has 0 saturated heterocycles. The number of benzene rings is 2. The number of nitrogens with zero attached hydrogens (tertiary/aromatic N) is 1. The van der Waals surface area contributed by atoms with Crippen LogP contribution in [-0.2, 0) is 6.61 Å². The summed E-state index contributed by atoms with van der Waals surface area (Å²) < 4.78 is 6.44. The predicted molar refractivity (Wildman–Crippen MR) is 83.5 cm³/mol. The maximum atomic E-state index is 11.1. The highest BCUT2D eigenvalue weighted by Gasteiger charge is 2.22. The minimum atomic E-state index is -1.27. The van der Waals surface area contributed by atoms with Crippen LogP contribution in [0.15, 0.2) is 42.5 Å². The van der Waals surface area contributed by atoms with E-state index in [0.717, 1.165) is 9.13 Å². The van der Waals surface area contributed by atoms with Gasteiger partial charge in [0, 0.05) is 9.64 Å². The Kier molecular flexibility index (Phi) is 4.73. The van der Waals surface area contributed by atoms with Crippen LogP contribution in [0.1, 0.15) is 15.9 Å². The average Bonchev–Trinajstić information content (AvgIpc) is 2.46. The molecule has 0 atom stereocenters. The molecule has 2 aromatic rings. The summed E-state index contributed by atoms with van der Waals surface area (Å²) >= 11 is 2.16. The van der Waals surface area contributed by atoms with Gasteiger partial charge in [-0.05, 0) is 46.4 Å². The summed E-state index contributed by atoms with van der Waals surface area (Å²) in [7, 11) is 0. The number of nitro groups is 1. The van der Waals surface area contributed by atoms with Crippen molar-refractivity contribution in [3.8, 4) is 5.75 Å². The number of para-hydroxylation sites is 1. The zero-order valence-electron chi connectivity index (χ0n) is 10.7. The lowest BCUT2D eigenvalue weighted by atomic mass is 10.1. The third-order valence-electron chi connectivity index (χ3n) is 2.72. The van der Waals surface area contributed by atoms with Crippen LogP contribution in [0.5, 0.6) is 5.75 Å². The quantitative estimate of drug-likeness (QED) is 0.473. The van der Waals surface area contributed by atoms with Gasteiger partial charge in [0.05, 0.1) is 4.92 Å². The summed E-state index contributed by atoms with van der Waals surface area (Å²) in [5.41, 5.74) is 0.208. The zero-order chi connectivity index (χ0) is 15.4. The van der Waals surface area contributed by atoms with E-state index >= 15 is 0 Å². The van der Waals surface area contributed by atoms with Gasteiger partial charge in [-0.2, -0.15) is 0 Å². The molecule has 0 unspecified atom stereocenters. The second kappa shape index (κ2) is 6.53. The molecule has 0 heterocycles. The predicted octanol–water partition coefficient (Wildman–Crippen LogP) is 3.48. The van der Waals surface area contributed by atoms with Crippen molar-refractivity contribution in [2.75, 3.05) is 0 Å². The molecule has 0 amide bonds. The highest BCUT2D eigenvalue weighted by atomic mass is 127. The van der Waals surface area contributed by atoms with Crippen LogP contribution in [0.2, 0.25) is 0 Å². The molecule has 6 nitrogen and oxygen atoms in total. The van der Waals surface area contributed by atoms with E-state index in [1.807, 2.05) is 24.3 Å². The Morgan fingerprint density at radius 2 is 1.90 bits per heavy atom. The standard InChI is InChI=1S/C14H10INO5/c15-10-6-4-9(5-7-10)8-21-13-11(14(17)18)2-1-3-12(13)16(19)20/h1-7H,8H2,(H,17,18). The Morgan fingerprint density at radius 3 is 2.48 bits per heavy atom. The fourth-order valence-electron chi connectivity index (χ4n) is 1.72. The first kappa shape index (κ1) is 15.2. The number of carboxylic acid groups (broad SMARTS) is 1. The SMILES string of the molecule is O=C(O)c1cccc([N+](=O)[O-])c1OCc1ccc(I)cc1. The molecule has 0 saturated carbocycles. The molecular formula is C14H10INO5. The molecule has 0 spiro atoms. The average molecular weight is 399 g/mol. The minimum absolute atomic E-state index is 0.0576. The van der Waals surface area contributed by atoms with Crippen LogP contribution in [0.4, 0.5) is 5.69 Å². The van der Waals surface area contributed by atoms with Gasteiger partial charge in [-0.3, -0.25) is 10.1 Å². The lowest BCUT2D eigenvalue weighted by Crippen LogP contribution is -2.06. The van der Waals surface area contributed by atoms with Gasteiger partial charge in [-0.1, -0.05) is 18.2 Å². The van der Waals surface area contributed by atoms with Gasteiger partial charge >= 0.3 is 11.7 Å². The van der Waals surface area contributed by atoms with Gasteiger partial charge in [-0.25, -0.2) is 4.79 Å². The minimum Gasteiger partial charge on any atom is -0.481 e. The summed E-state index contributed by atoms with van der Waals surface area (Å²) in [4.78, 5) is 21.5. The van der Waals surface area contributed by atoms with Crippen LogP contribution in [0, 0.1) is 13.7 Å². The number of hydrogen-bond acceptors (Lipinski definition) is 4. The summed E-state index contributed by atoms with van der Waals surface area (Å²) in [6.07, 6.45) is 0. The van der Waals surface area contributed by atoms with E-state index in [9.17, 15) is 14.9 Å². The molecule has 1 N–H and O–H groups in total. The second-order valence-electron chi connectivity index (χ2n) is 4.13. The molecule has 2 rings (SSSR count). The van der Waals surface area contributed by atoms with Gasteiger partial charge in [0.2, 0.25) is 5.75 Å². The largest absolute Gasteiger partial charge is 0.481 e. The van der Waals surface area contributed by atoms with Gasteiger partial charge in [0.15, 0.2) is 0 Å². The number of aromatic carboxylic acids is 1. The molecule has 0 aliphatic rings. The smallest absolute Gasteiger partial charge is 0.339 e. The molecule has 7 heteroatoms. The summed E-state index contributed by atoms with van der Waals surface area (Å²) in [6.45, 7) is 0.0576. The van der Waals surface area contributed by atoms with Gasteiger partial charge in [0.1, 0.15) is 12.2 Å². The maximum absolute atomic E-state index is 11.1. The van der Waals surface area contributed by atoms with E-state index in [2.05, 4.69) is 22.6 Å². The van der Waals surface area contributed by atoms with E-state index in [-0.39, 0.29) is 23.6 Å². The Morgan fingerprint density at radius 1 is 1.24 bits per heavy atom. The van der Waals surface area contributed by atoms with E-state index in [1.54, 1.807) is 0 Å². The molecule has 21 heavy (non-hydrogen) atoms. The third kappa shape index (κ3) is 3.69. The maximum Gasteiger partial charge on any atom is 0.339 e. The number of halogens is 1. The summed E-state index contributed by atoms with van der Waals surface area (Å²) in [6, 6.07) is 11.2. The van der Waals surface area contributed by atoms with Crippen molar-refractivity contribution in [1.82, 2.24) is 0 Å². The number of carbonyl (C=O) groups is 1. The molecular weight excluding hydrogens is 389 g/mol. The van der Waals surface area contributed by atoms with Crippen molar-refractivity contribution in [3.05, 3.63) is 67.3 Å². The zero-order valence-corrected chi connectivity index (χ0v) is 12.8. The highest BCUT2D eigenvalue weighted by Crippen LogP contribution is 2.31. The van der Waals surface area contributed by atoms with Crippen molar-refractivity contribution in [1.29, 1.82) is 0 Å². The van der Waals surface area contributed by atoms with Crippen molar-refractivity contribution >= 4 is 34.2 Å². The van der Waals surface area contributed by atoms with Crippen LogP contribution in [0.3, 0.4) is 0 Å². The molecule has 0 bridgehead atoms. The van der Waals surface area contributed by atoms with Gasteiger partial charge in [-0.15, -0.1) is 0 Å². The highest BCUT2D eigenvalue weighted by molar-refractivity contribution is 14.1. The fourth-order valence-corrected chi connectivity index (χ4v) is 2.08.